The van der Waals surface area contributed by atoms with Crippen molar-refractivity contribution < 1.29 is 13.2 Å². The summed E-state index contributed by atoms with van der Waals surface area (Å²) in [5, 5.41) is 0. The summed E-state index contributed by atoms with van der Waals surface area (Å²) >= 11 is 0. The summed E-state index contributed by atoms with van der Waals surface area (Å²) in [5.41, 5.74) is 1.99. The van der Waals surface area contributed by atoms with Gasteiger partial charge in [0, 0.05) is 19.3 Å². The second-order valence-corrected chi connectivity index (χ2v) is 8.21. The molecule has 24 heavy (non-hydrogen) atoms. The summed E-state index contributed by atoms with van der Waals surface area (Å²) in [5.74, 6) is 0. The molecule has 1 aliphatic rings. The van der Waals surface area contributed by atoms with Crippen LogP contribution in [0.15, 0.2) is 59.5 Å². The van der Waals surface area contributed by atoms with Crippen molar-refractivity contribution in [1.29, 1.82) is 0 Å². The lowest BCUT2D eigenvalue weighted by molar-refractivity contribution is 0.0251. The van der Waals surface area contributed by atoms with E-state index in [4.69, 9.17) is 4.74 Å². The van der Waals surface area contributed by atoms with Gasteiger partial charge in [-0.2, -0.15) is 0 Å². The molecule has 0 aromatic heterocycles. The van der Waals surface area contributed by atoms with Gasteiger partial charge in [0.15, 0.2) is 9.84 Å². The van der Waals surface area contributed by atoms with E-state index < -0.39 is 9.84 Å². The van der Waals surface area contributed by atoms with E-state index in [9.17, 15) is 8.42 Å². The number of sulfone groups is 1. The van der Waals surface area contributed by atoms with Gasteiger partial charge in [0.1, 0.15) is 0 Å². The van der Waals surface area contributed by atoms with E-state index in [1.54, 1.807) is 12.1 Å². The normalized spacial score (nSPS) is 16.3. The number of benzene rings is 2. The van der Waals surface area contributed by atoms with Crippen molar-refractivity contribution in [3.05, 3.63) is 60.2 Å². The number of hydrogen-bond donors (Lipinski definition) is 0. The topological polar surface area (TPSA) is 46.6 Å². The summed E-state index contributed by atoms with van der Waals surface area (Å²) in [6, 6.07) is 17.4. The minimum atomic E-state index is -3.22. The van der Waals surface area contributed by atoms with Gasteiger partial charge in [-0.05, 0) is 30.5 Å². The number of piperidine rings is 1. The van der Waals surface area contributed by atoms with Gasteiger partial charge in [-0.25, -0.2) is 8.42 Å². The third-order valence-corrected chi connectivity index (χ3v) is 5.52. The summed E-state index contributed by atoms with van der Waals surface area (Å²) in [7, 11) is -3.22. The highest BCUT2D eigenvalue weighted by Gasteiger charge is 2.23. The largest absolute Gasteiger partial charge is 0.373 e. The Balaban J connectivity index is 1.60. The zero-order chi connectivity index (χ0) is 17.0. The van der Waals surface area contributed by atoms with Crippen LogP contribution in [0.4, 0.5) is 5.69 Å². The average Bonchev–Trinajstić information content (AvgIpc) is 2.61. The Hall–Kier alpha value is -1.85. The lowest BCUT2D eigenvalue weighted by Crippen LogP contribution is -2.37. The van der Waals surface area contributed by atoms with Gasteiger partial charge in [0.2, 0.25) is 0 Å². The summed E-state index contributed by atoms with van der Waals surface area (Å²) in [6.45, 7) is 2.25. The summed E-state index contributed by atoms with van der Waals surface area (Å²) in [6.07, 6.45) is 3.31. The van der Waals surface area contributed by atoms with E-state index >= 15 is 0 Å². The lowest BCUT2D eigenvalue weighted by Gasteiger charge is -2.34. The van der Waals surface area contributed by atoms with Crippen LogP contribution < -0.4 is 4.90 Å². The van der Waals surface area contributed by atoms with Crippen LogP contribution in [0.2, 0.25) is 0 Å². The first-order valence-corrected chi connectivity index (χ1v) is 10.1. The van der Waals surface area contributed by atoms with E-state index in [2.05, 4.69) is 17.0 Å². The number of para-hydroxylation sites is 1. The molecule has 1 fully saturated rings. The Bertz CT molecular complexity index is 766. The fraction of sp³-hybridized carbons (Fsp3) is 0.368. The molecule has 0 aliphatic carbocycles. The molecule has 1 saturated heterocycles. The third-order valence-electron chi connectivity index (χ3n) is 4.38. The predicted octanol–water partition coefficient (Wildman–Crippen LogP) is 3.28. The smallest absolute Gasteiger partial charge is 0.177 e. The maximum Gasteiger partial charge on any atom is 0.177 e. The van der Waals surface area contributed by atoms with Gasteiger partial charge in [-0.15, -0.1) is 0 Å². The Morgan fingerprint density at radius 3 is 2.29 bits per heavy atom. The minimum Gasteiger partial charge on any atom is -0.373 e. The van der Waals surface area contributed by atoms with Crippen LogP contribution in [-0.2, 0) is 21.2 Å². The SMILES string of the molecule is CS(=O)(=O)c1ccccc1N1CCC(OCc2ccccc2)CC1. The number of ether oxygens (including phenoxy) is 1. The van der Waals surface area contributed by atoms with Crippen molar-refractivity contribution in [2.75, 3.05) is 24.2 Å². The van der Waals surface area contributed by atoms with Crippen LogP contribution in [0.5, 0.6) is 0 Å². The maximum atomic E-state index is 12.0. The van der Waals surface area contributed by atoms with E-state index in [1.165, 1.54) is 11.8 Å². The molecule has 2 aromatic rings. The van der Waals surface area contributed by atoms with Crippen molar-refractivity contribution in [1.82, 2.24) is 0 Å². The molecule has 0 atom stereocenters. The lowest BCUT2D eigenvalue weighted by atomic mass is 10.1. The molecule has 0 spiro atoms. The van der Waals surface area contributed by atoms with Gasteiger partial charge in [0.25, 0.3) is 0 Å². The quantitative estimate of drug-likeness (QED) is 0.834. The van der Waals surface area contributed by atoms with Crippen molar-refractivity contribution in [3.8, 4) is 0 Å². The standard InChI is InChI=1S/C19H23NO3S/c1-24(21,22)19-10-6-5-9-18(19)20-13-11-17(12-14-20)23-15-16-7-3-2-4-8-16/h2-10,17H,11-15H2,1H3. The van der Waals surface area contributed by atoms with Crippen molar-refractivity contribution in [2.24, 2.45) is 0 Å². The van der Waals surface area contributed by atoms with Gasteiger partial charge in [-0.1, -0.05) is 42.5 Å². The highest BCUT2D eigenvalue weighted by Crippen LogP contribution is 2.28. The van der Waals surface area contributed by atoms with Crippen LogP contribution in [0, 0.1) is 0 Å². The molecule has 0 N–H and O–H groups in total. The first kappa shape index (κ1) is 17.0. The molecule has 5 heteroatoms. The molecular formula is C19H23NO3S. The predicted molar refractivity (Wildman–Crippen MR) is 96.0 cm³/mol. The van der Waals surface area contributed by atoms with Crippen LogP contribution in [0.1, 0.15) is 18.4 Å². The molecular weight excluding hydrogens is 322 g/mol. The van der Waals surface area contributed by atoms with Crippen molar-refractivity contribution in [2.45, 2.75) is 30.4 Å². The molecule has 3 rings (SSSR count). The summed E-state index contributed by atoms with van der Waals surface area (Å²) in [4.78, 5) is 2.56. The molecule has 1 aliphatic heterocycles. The Morgan fingerprint density at radius 1 is 1.00 bits per heavy atom. The molecule has 0 bridgehead atoms. The Morgan fingerprint density at radius 2 is 1.62 bits per heavy atom. The van der Waals surface area contributed by atoms with Crippen LogP contribution in [0.3, 0.4) is 0 Å². The Labute approximate surface area is 144 Å². The van der Waals surface area contributed by atoms with E-state index in [0.29, 0.717) is 11.5 Å². The molecule has 128 valence electrons. The third kappa shape index (κ3) is 4.16. The zero-order valence-electron chi connectivity index (χ0n) is 13.9. The fourth-order valence-corrected chi connectivity index (χ4v) is 3.99. The van der Waals surface area contributed by atoms with Gasteiger partial charge in [0.05, 0.1) is 23.3 Å². The number of nitrogens with zero attached hydrogens (tertiary/aromatic N) is 1. The monoisotopic (exact) mass is 345 g/mol. The maximum absolute atomic E-state index is 12.0. The highest BCUT2D eigenvalue weighted by molar-refractivity contribution is 7.90. The molecule has 0 radical (unpaired) electrons. The van der Waals surface area contributed by atoms with Crippen molar-refractivity contribution >= 4 is 15.5 Å². The molecule has 1 heterocycles. The summed E-state index contributed by atoms with van der Waals surface area (Å²) < 4.78 is 29.9. The van der Waals surface area contributed by atoms with Crippen LogP contribution >= 0.6 is 0 Å². The van der Waals surface area contributed by atoms with Gasteiger partial charge >= 0.3 is 0 Å². The average molecular weight is 345 g/mol. The highest BCUT2D eigenvalue weighted by atomic mass is 32.2. The van der Waals surface area contributed by atoms with Gasteiger partial charge in [-0.3, -0.25) is 0 Å². The second kappa shape index (κ2) is 7.36. The van der Waals surface area contributed by atoms with Crippen molar-refractivity contribution in [3.63, 3.8) is 0 Å². The number of rotatable bonds is 5. The minimum absolute atomic E-state index is 0.229. The molecule has 4 nitrogen and oxygen atoms in total. The second-order valence-electron chi connectivity index (χ2n) is 6.22. The number of anilines is 1. The van der Waals surface area contributed by atoms with E-state index in [1.807, 2.05) is 30.3 Å². The fourth-order valence-electron chi connectivity index (χ4n) is 3.08. The van der Waals surface area contributed by atoms with Gasteiger partial charge < -0.3 is 9.64 Å². The zero-order valence-corrected chi connectivity index (χ0v) is 14.7. The van der Waals surface area contributed by atoms with Crippen LogP contribution in [-0.4, -0.2) is 33.9 Å². The molecule has 0 unspecified atom stereocenters. The van der Waals surface area contributed by atoms with E-state index in [-0.39, 0.29) is 6.10 Å². The van der Waals surface area contributed by atoms with Crippen LogP contribution in [0.25, 0.3) is 0 Å². The molecule has 0 saturated carbocycles. The first-order chi connectivity index (χ1) is 11.5. The molecule has 2 aromatic carbocycles. The number of hydrogen-bond acceptors (Lipinski definition) is 4. The molecule has 0 amide bonds. The Kier molecular flexibility index (Phi) is 5.21. The van der Waals surface area contributed by atoms with E-state index in [0.717, 1.165) is 31.6 Å². The first-order valence-electron chi connectivity index (χ1n) is 8.23.